The van der Waals surface area contributed by atoms with E-state index in [-0.39, 0.29) is 6.54 Å². The number of halogens is 3. The molecule has 1 aromatic heterocycles. The molecule has 1 atom stereocenters. The predicted molar refractivity (Wildman–Crippen MR) is 38.9 cm³/mol. The first-order valence-corrected chi connectivity index (χ1v) is 3.68. The summed E-state index contributed by atoms with van der Waals surface area (Å²) >= 11 is 0. The van der Waals surface area contributed by atoms with Crippen LogP contribution in [0.4, 0.5) is 13.2 Å². The molecule has 13 heavy (non-hydrogen) atoms. The van der Waals surface area contributed by atoms with Gasteiger partial charge in [-0.3, -0.25) is 4.68 Å². The Morgan fingerprint density at radius 2 is 2.23 bits per heavy atom. The van der Waals surface area contributed by atoms with E-state index in [0.717, 1.165) is 16.9 Å². The normalized spacial score (nSPS) is 14.5. The van der Waals surface area contributed by atoms with E-state index in [1.54, 1.807) is 0 Å². The van der Waals surface area contributed by atoms with E-state index in [1.165, 1.54) is 6.92 Å². The fraction of sp³-hybridized carbons (Fsp3) is 0.571. The highest BCUT2D eigenvalue weighted by Crippen LogP contribution is 2.28. The van der Waals surface area contributed by atoms with Crippen molar-refractivity contribution in [3.05, 3.63) is 18.0 Å². The zero-order chi connectivity index (χ0) is 10.1. The van der Waals surface area contributed by atoms with Gasteiger partial charge in [0.25, 0.3) is 0 Å². The van der Waals surface area contributed by atoms with Crippen molar-refractivity contribution in [2.75, 3.05) is 0 Å². The molecular formula is C7H9F3N2O. The van der Waals surface area contributed by atoms with Crippen molar-refractivity contribution in [2.24, 2.45) is 0 Å². The molecule has 1 heterocycles. The first-order chi connectivity index (χ1) is 5.91. The third-order valence-electron chi connectivity index (χ3n) is 1.44. The lowest BCUT2D eigenvalue weighted by molar-refractivity contribution is -0.144. The standard InChI is InChI=1S/C7H9F3N2O/c1-5(13)4-12-6(2-3-11-12)7(8,9)10/h2-3,5,13H,4H2,1H3/t5-/m1/s1. The SMILES string of the molecule is C[C@@H](O)Cn1nccc1C(F)(F)F. The molecule has 3 nitrogen and oxygen atoms in total. The molecule has 0 aliphatic carbocycles. The van der Waals surface area contributed by atoms with Crippen LogP contribution in [0.1, 0.15) is 12.6 Å². The van der Waals surface area contributed by atoms with Crippen molar-refractivity contribution in [3.63, 3.8) is 0 Å². The second kappa shape index (κ2) is 3.37. The molecule has 1 aromatic rings. The summed E-state index contributed by atoms with van der Waals surface area (Å²) in [6, 6.07) is 0.877. The maximum Gasteiger partial charge on any atom is 0.433 e. The summed E-state index contributed by atoms with van der Waals surface area (Å²) in [5, 5.41) is 12.3. The third-order valence-corrected chi connectivity index (χ3v) is 1.44. The molecule has 0 amide bonds. The van der Waals surface area contributed by atoms with Gasteiger partial charge in [-0.25, -0.2) is 0 Å². The van der Waals surface area contributed by atoms with Gasteiger partial charge >= 0.3 is 6.18 Å². The molecule has 0 aliphatic rings. The Morgan fingerprint density at radius 3 is 2.69 bits per heavy atom. The molecule has 0 spiro atoms. The van der Waals surface area contributed by atoms with Gasteiger partial charge in [0, 0.05) is 6.20 Å². The number of nitrogens with zero attached hydrogens (tertiary/aromatic N) is 2. The summed E-state index contributed by atoms with van der Waals surface area (Å²) in [6.07, 6.45) is -4.20. The number of alkyl halides is 3. The summed E-state index contributed by atoms with van der Waals surface area (Å²) in [7, 11) is 0. The van der Waals surface area contributed by atoms with Crippen molar-refractivity contribution in [1.29, 1.82) is 0 Å². The molecule has 0 saturated heterocycles. The number of rotatable bonds is 2. The molecule has 0 fully saturated rings. The van der Waals surface area contributed by atoms with Gasteiger partial charge in [0.1, 0.15) is 5.69 Å². The van der Waals surface area contributed by atoms with E-state index in [2.05, 4.69) is 5.10 Å². The van der Waals surface area contributed by atoms with E-state index in [1.807, 2.05) is 0 Å². The monoisotopic (exact) mass is 194 g/mol. The molecule has 1 rings (SSSR count). The Balaban J connectivity index is 2.90. The number of aliphatic hydroxyl groups is 1. The fourth-order valence-electron chi connectivity index (χ4n) is 0.969. The van der Waals surface area contributed by atoms with Crippen LogP contribution in [-0.4, -0.2) is 21.0 Å². The first-order valence-electron chi connectivity index (χ1n) is 3.68. The zero-order valence-electron chi connectivity index (χ0n) is 6.91. The van der Waals surface area contributed by atoms with Gasteiger partial charge in [-0.15, -0.1) is 0 Å². The van der Waals surface area contributed by atoms with E-state index >= 15 is 0 Å². The molecule has 0 saturated carbocycles. The van der Waals surface area contributed by atoms with E-state index in [4.69, 9.17) is 5.11 Å². The summed E-state index contributed by atoms with van der Waals surface area (Å²) < 4.78 is 37.3. The van der Waals surface area contributed by atoms with Crippen molar-refractivity contribution in [1.82, 2.24) is 9.78 Å². The summed E-state index contributed by atoms with van der Waals surface area (Å²) in [6.45, 7) is 1.25. The maximum absolute atomic E-state index is 12.2. The Bertz CT molecular complexity index is 280. The molecule has 1 N–H and O–H groups in total. The number of hydrogen-bond donors (Lipinski definition) is 1. The van der Waals surface area contributed by atoms with Gasteiger partial charge in [0.15, 0.2) is 0 Å². The van der Waals surface area contributed by atoms with Crippen LogP contribution in [0.2, 0.25) is 0 Å². The average molecular weight is 194 g/mol. The highest BCUT2D eigenvalue weighted by molar-refractivity contribution is 5.04. The zero-order valence-corrected chi connectivity index (χ0v) is 6.91. The highest BCUT2D eigenvalue weighted by atomic mass is 19.4. The smallest absolute Gasteiger partial charge is 0.391 e. The molecular weight excluding hydrogens is 185 g/mol. The molecule has 0 aliphatic heterocycles. The van der Waals surface area contributed by atoms with Crippen molar-refractivity contribution >= 4 is 0 Å². The van der Waals surface area contributed by atoms with Gasteiger partial charge in [-0.05, 0) is 13.0 Å². The molecule has 0 unspecified atom stereocenters. The van der Waals surface area contributed by atoms with Gasteiger partial charge in [0.05, 0.1) is 12.6 Å². The van der Waals surface area contributed by atoms with Crippen LogP contribution in [0.3, 0.4) is 0 Å². The number of hydrogen-bond acceptors (Lipinski definition) is 2. The topological polar surface area (TPSA) is 38.0 Å². The van der Waals surface area contributed by atoms with Gasteiger partial charge in [0.2, 0.25) is 0 Å². The molecule has 6 heteroatoms. The van der Waals surface area contributed by atoms with Gasteiger partial charge in [-0.1, -0.05) is 0 Å². The molecule has 0 aromatic carbocycles. The summed E-state index contributed by atoms with van der Waals surface area (Å²) in [5.74, 6) is 0. The van der Waals surface area contributed by atoms with Crippen molar-refractivity contribution in [2.45, 2.75) is 25.7 Å². The van der Waals surface area contributed by atoms with Crippen LogP contribution in [0.25, 0.3) is 0 Å². The summed E-state index contributed by atoms with van der Waals surface area (Å²) in [4.78, 5) is 0. The quantitative estimate of drug-likeness (QED) is 0.770. The summed E-state index contributed by atoms with van der Waals surface area (Å²) in [5.41, 5.74) is -0.839. The minimum absolute atomic E-state index is 0.151. The van der Waals surface area contributed by atoms with Crippen molar-refractivity contribution < 1.29 is 18.3 Å². The first kappa shape index (κ1) is 10.0. The van der Waals surface area contributed by atoms with Crippen LogP contribution in [0.5, 0.6) is 0 Å². The third kappa shape index (κ3) is 2.45. The Morgan fingerprint density at radius 1 is 1.62 bits per heavy atom. The van der Waals surface area contributed by atoms with Crippen molar-refractivity contribution in [3.8, 4) is 0 Å². The van der Waals surface area contributed by atoms with Crippen LogP contribution < -0.4 is 0 Å². The van der Waals surface area contributed by atoms with Crippen LogP contribution in [0, 0.1) is 0 Å². The minimum atomic E-state index is -4.41. The number of aromatic nitrogens is 2. The maximum atomic E-state index is 12.2. The van der Waals surface area contributed by atoms with Crippen LogP contribution in [0.15, 0.2) is 12.3 Å². The second-order valence-electron chi connectivity index (χ2n) is 2.75. The van der Waals surface area contributed by atoms with E-state index in [0.29, 0.717) is 0 Å². The number of aliphatic hydroxyl groups excluding tert-OH is 1. The highest BCUT2D eigenvalue weighted by Gasteiger charge is 2.34. The van der Waals surface area contributed by atoms with E-state index < -0.39 is 18.0 Å². The predicted octanol–water partition coefficient (Wildman–Crippen LogP) is 1.28. The van der Waals surface area contributed by atoms with Gasteiger partial charge in [-0.2, -0.15) is 18.3 Å². The van der Waals surface area contributed by atoms with Gasteiger partial charge < -0.3 is 5.11 Å². The second-order valence-corrected chi connectivity index (χ2v) is 2.75. The lowest BCUT2D eigenvalue weighted by Gasteiger charge is -2.11. The van der Waals surface area contributed by atoms with E-state index in [9.17, 15) is 13.2 Å². The van der Waals surface area contributed by atoms with Crippen LogP contribution >= 0.6 is 0 Å². The lowest BCUT2D eigenvalue weighted by Crippen LogP contribution is -2.20. The lowest BCUT2D eigenvalue weighted by atomic mass is 10.3. The Labute approximate surface area is 72.8 Å². The largest absolute Gasteiger partial charge is 0.433 e. The molecule has 0 bridgehead atoms. The average Bonchev–Trinajstić information content (AvgIpc) is 2.31. The molecule has 0 radical (unpaired) electrons. The Hall–Kier alpha value is -1.04. The molecule has 74 valence electrons. The van der Waals surface area contributed by atoms with Crippen LogP contribution in [-0.2, 0) is 12.7 Å². The minimum Gasteiger partial charge on any atom is -0.391 e. The Kier molecular flexibility index (Phi) is 2.60. The fourth-order valence-corrected chi connectivity index (χ4v) is 0.969.